The number of allylic oxidation sites excluding steroid dienone is 1. The molecule has 7 nitrogen and oxygen atoms in total. The Morgan fingerprint density at radius 3 is 2.43 bits per heavy atom. The molecular formula is C35H32ClN5O2S. The normalized spacial score (nSPS) is 14.1. The number of benzene rings is 4. The van der Waals surface area contributed by atoms with Gasteiger partial charge in [-0.25, -0.2) is 4.68 Å². The summed E-state index contributed by atoms with van der Waals surface area (Å²) in [6.07, 6.45) is 0. The van der Waals surface area contributed by atoms with E-state index in [4.69, 9.17) is 26.4 Å². The Hall–Kier alpha value is -4.53. The van der Waals surface area contributed by atoms with Gasteiger partial charge in [-0.3, -0.25) is 4.79 Å². The molecule has 1 unspecified atom stereocenters. The number of thioether (sulfide) groups is 1. The molecule has 0 radical (unpaired) electrons. The summed E-state index contributed by atoms with van der Waals surface area (Å²) >= 11 is 7.89. The smallest absolute Gasteiger partial charge is 0.255 e. The van der Waals surface area contributed by atoms with Crippen molar-refractivity contribution in [3.8, 4) is 5.75 Å². The molecule has 1 atom stereocenters. The van der Waals surface area contributed by atoms with Crippen LogP contribution in [0.4, 0.5) is 11.6 Å². The van der Waals surface area contributed by atoms with Crippen molar-refractivity contribution in [2.24, 2.45) is 0 Å². The van der Waals surface area contributed by atoms with Gasteiger partial charge in [0.2, 0.25) is 11.1 Å². The van der Waals surface area contributed by atoms with Gasteiger partial charge in [0.15, 0.2) is 0 Å². The lowest BCUT2D eigenvalue weighted by molar-refractivity contribution is -0.113. The highest BCUT2D eigenvalue weighted by Crippen LogP contribution is 2.38. The number of para-hydroxylation sites is 1. The number of ether oxygens (including phenoxy) is 1. The molecule has 5 aromatic rings. The Labute approximate surface area is 266 Å². The first-order chi connectivity index (χ1) is 21.4. The Kier molecular flexibility index (Phi) is 8.72. The molecular weight excluding hydrogens is 590 g/mol. The van der Waals surface area contributed by atoms with E-state index in [1.165, 1.54) is 17.3 Å². The maximum absolute atomic E-state index is 14.0. The zero-order chi connectivity index (χ0) is 30.6. The lowest BCUT2D eigenvalue weighted by Gasteiger charge is -2.29. The number of hydrogen-bond donors (Lipinski definition) is 2. The zero-order valence-electron chi connectivity index (χ0n) is 24.7. The molecule has 1 aliphatic heterocycles. The van der Waals surface area contributed by atoms with Crippen molar-refractivity contribution in [3.63, 3.8) is 0 Å². The van der Waals surface area contributed by atoms with Crippen molar-refractivity contribution in [1.29, 1.82) is 0 Å². The second-order valence-corrected chi connectivity index (χ2v) is 12.0. The molecule has 0 spiro atoms. The van der Waals surface area contributed by atoms with Crippen LogP contribution in [-0.2, 0) is 17.2 Å². The van der Waals surface area contributed by atoms with Crippen LogP contribution in [0, 0.1) is 13.8 Å². The van der Waals surface area contributed by atoms with E-state index in [2.05, 4.69) is 29.7 Å². The number of aryl methyl sites for hydroxylation is 2. The molecule has 6 rings (SSSR count). The van der Waals surface area contributed by atoms with Crippen molar-refractivity contribution in [3.05, 3.63) is 141 Å². The van der Waals surface area contributed by atoms with Crippen molar-refractivity contribution >= 4 is 40.9 Å². The molecule has 1 aromatic heterocycles. The maximum atomic E-state index is 14.0. The number of carbonyl (C=O) groups is 1. The number of nitrogens with one attached hydrogen (secondary N) is 2. The first-order valence-corrected chi connectivity index (χ1v) is 15.7. The van der Waals surface area contributed by atoms with Crippen LogP contribution < -0.4 is 15.4 Å². The minimum absolute atomic E-state index is 0.216. The highest BCUT2D eigenvalue weighted by molar-refractivity contribution is 7.98. The minimum Gasteiger partial charge on any atom is -0.489 e. The van der Waals surface area contributed by atoms with E-state index < -0.39 is 6.04 Å². The molecule has 1 aliphatic rings. The molecule has 2 N–H and O–H groups in total. The quantitative estimate of drug-likeness (QED) is 0.161. The number of anilines is 2. The number of hydrogen-bond acceptors (Lipinski definition) is 6. The first kappa shape index (κ1) is 29.5. The van der Waals surface area contributed by atoms with Gasteiger partial charge < -0.3 is 15.4 Å². The Bertz CT molecular complexity index is 1870. The van der Waals surface area contributed by atoms with Crippen LogP contribution >= 0.6 is 23.4 Å². The Morgan fingerprint density at radius 1 is 0.932 bits per heavy atom. The standard InChI is InChI=1S/C35H32ClN5O2S/c1-22-11-4-6-13-26(22)20-43-28-16-10-15-25(19-28)32-31(33(42)38-30-18-9-5-12-23(30)2)24(3)37-34-39-35(40-41(32)34)44-21-27-14-7-8-17-29(27)36/h4-19,32H,20-21H2,1-3H3,(H,38,42)(H,37,39,40). The number of nitrogens with zero attached hydrogens (tertiary/aromatic N) is 3. The molecule has 1 amide bonds. The summed E-state index contributed by atoms with van der Waals surface area (Å²) in [5, 5.41) is 12.6. The summed E-state index contributed by atoms with van der Waals surface area (Å²) in [4.78, 5) is 18.8. The second-order valence-electron chi connectivity index (χ2n) is 10.7. The Morgan fingerprint density at radius 2 is 1.66 bits per heavy atom. The predicted molar refractivity (Wildman–Crippen MR) is 177 cm³/mol. The largest absolute Gasteiger partial charge is 0.489 e. The van der Waals surface area contributed by atoms with Gasteiger partial charge in [0.1, 0.15) is 18.4 Å². The molecule has 0 fully saturated rings. The molecule has 0 aliphatic carbocycles. The summed E-state index contributed by atoms with van der Waals surface area (Å²) in [5.74, 6) is 1.67. The van der Waals surface area contributed by atoms with E-state index in [0.29, 0.717) is 45.5 Å². The molecule has 44 heavy (non-hydrogen) atoms. The fourth-order valence-electron chi connectivity index (χ4n) is 5.16. The van der Waals surface area contributed by atoms with Gasteiger partial charge in [0.25, 0.3) is 5.91 Å². The van der Waals surface area contributed by atoms with E-state index >= 15 is 0 Å². The summed E-state index contributed by atoms with van der Waals surface area (Å²) in [6.45, 7) is 6.38. The SMILES string of the molecule is CC1=C(C(=O)Nc2ccccc2C)C(c2cccc(OCc3ccccc3C)c2)n2nc(SCc3ccccc3Cl)nc2N1. The first-order valence-electron chi connectivity index (χ1n) is 14.3. The van der Waals surface area contributed by atoms with Crippen LogP contribution in [0.3, 0.4) is 0 Å². The summed E-state index contributed by atoms with van der Waals surface area (Å²) < 4.78 is 8.02. The van der Waals surface area contributed by atoms with Crippen LogP contribution in [0.15, 0.2) is 113 Å². The topological polar surface area (TPSA) is 81.1 Å². The summed E-state index contributed by atoms with van der Waals surface area (Å²) in [6, 6.07) is 31.0. The highest BCUT2D eigenvalue weighted by atomic mass is 35.5. The molecule has 0 saturated heterocycles. The van der Waals surface area contributed by atoms with Gasteiger partial charge in [0, 0.05) is 22.2 Å². The van der Waals surface area contributed by atoms with Crippen molar-refractivity contribution in [1.82, 2.24) is 14.8 Å². The summed E-state index contributed by atoms with van der Waals surface area (Å²) in [5.41, 5.74) is 7.13. The molecule has 2 heterocycles. The van der Waals surface area contributed by atoms with Gasteiger partial charge in [-0.15, -0.1) is 5.10 Å². The van der Waals surface area contributed by atoms with E-state index in [1.807, 2.05) is 98.8 Å². The van der Waals surface area contributed by atoms with Gasteiger partial charge >= 0.3 is 0 Å². The molecule has 0 saturated carbocycles. The van der Waals surface area contributed by atoms with Gasteiger partial charge in [-0.05, 0) is 72.9 Å². The Balaban J connectivity index is 1.34. The molecule has 0 bridgehead atoms. The van der Waals surface area contributed by atoms with Crippen molar-refractivity contribution in [2.45, 2.75) is 44.3 Å². The number of aromatic nitrogens is 3. The van der Waals surface area contributed by atoms with Crippen LogP contribution in [0.25, 0.3) is 0 Å². The molecule has 4 aromatic carbocycles. The fourth-order valence-corrected chi connectivity index (χ4v) is 6.28. The minimum atomic E-state index is -0.542. The third-order valence-corrected chi connectivity index (χ3v) is 8.87. The molecule has 222 valence electrons. The van der Waals surface area contributed by atoms with E-state index in [-0.39, 0.29) is 5.91 Å². The molecule has 9 heteroatoms. The van der Waals surface area contributed by atoms with E-state index in [1.54, 1.807) is 4.68 Å². The lowest BCUT2D eigenvalue weighted by Crippen LogP contribution is -2.31. The number of carbonyl (C=O) groups excluding carboxylic acids is 1. The third-order valence-electron chi connectivity index (χ3n) is 7.62. The number of halogens is 1. The zero-order valence-corrected chi connectivity index (χ0v) is 26.2. The number of fused-ring (bicyclic) bond motifs is 1. The van der Waals surface area contributed by atoms with Crippen LogP contribution in [-0.4, -0.2) is 20.7 Å². The fraction of sp³-hybridized carbons (Fsp3) is 0.171. The van der Waals surface area contributed by atoms with Gasteiger partial charge in [-0.2, -0.15) is 4.98 Å². The third kappa shape index (κ3) is 6.37. The maximum Gasteiger partial charge on any atom is 0.255 e. The van der Waals surface area contributed by atoms with E-state index in [0.717, 1.165) is 27.9 Å². The lowest BCUT2D eigenvalue weighted by atomic mass is 9.94. The predicted octanol–water partition coefficient (Wildman–Crippen LogP) is 8.35. The van der Waals surface area contributed by atoms with Crippen LogP contribution in [0.5, 0.6) is 5.75 Å². The second kappa shape index (κ2) is 13.0. The highest BCUT2D eigenvalue weighted by Gasteiger charge is 2.35. The van der Waals surface area contributed by atoms with Crippen LogP contribution in [0.2, 0.25) is 5.02 Å². The van der Waals surface area contributed by atoms with Crippen molar-refractivity contribution < 1.29 is 9.53 Å². The van der Waals surface area contributed by atoms with Gasteiger partial charge in [0.05, 0.1) is 5.57 Å². The monoisotopic (exact) mass is 621 g/mol. The van der Waals surface area contributed by atoms with Crippen LogP contribution in [0.1, 0.15) is 40.8 Å². The summed E-state index contributed by atoms with van der Waals surface area (Å²) in [7, 11) is 0. The van der Waals surface area contributed by atoms with E-state index in [9.17, 15) is 4.79 Å². The van der Waals surface area contributed by atoms with Crippen molar-refractivity contribution in [2.75, 3.05) is 10.6 Å². The average molecular weight is 622 g/mol. The van der Waals surface area contributed by atoms with Gasteiger partial charge in [-0.1, -0.05) is 96.2 Å². The average Bonchev–Trinajstić information content (AvgIpc) is 3.43. The number of amides is 1. The number of rotatable bonds is 9.